The molecule has 5 heteroatoms. The van der Waals surface area contributed by atoms with Crippen LogP contribution >= 0.6 is 0 Å². The molecule has 25 heavy (non-hydrogen) atoms. The van der Waals surface area contributed by atoms with Crippen LogP contribution in [0.2, 0.25) is 0 Å². The molecule has 1 atom stereocenters. The fourth-order valence-corrected chi connectivity index (χ4v) is 3.14. The van der Waals surface area contributed by atoms with Crippen LogP contribution in [0, 0.1) is 5.92 Å². The van der Waals surface area contributed by atoms with Gasteiger partial charge in [0.25, 0.3) is 5.91 Å². The Balaban J connectivity index is 1.73. The summed E-state index contributed by atoms with van der Waals surface area (Å²) in [5, 5.41) is 2.85. The Morgan fingerprint density at radius 2 is 1.88 bits per heavy atom. The SMILES string of the molecule is CC1CCN(C(=O)[C@@H](Cc2ccccc2)NC(=O)c2ccco2)CC1. The van der Waals surface area contributed by atoms with E-state index in [2.05, 4.69) is 12.2 Å². The highest BCUT2D eigenvalue weighted by Crippen LogP contribution is 2.18. The molecule has 1 fully saturated rings. The summed E-state index contributed by atoms with van der Waals surface area (Å²) < 4.78 is 5.15. The van der Waals surface area contributed by atoms with Crippen molar-refractivity contribution >= 4 is 11.8 Å². The topological polar surface area (TPSA) is 62.6 Å². The van der Waals surface area contributed by atoms with Crippen LogP contribution in [0.25, 0.3) is 0 Å². The molecular weight excluding hydrogens is 316 g/mol. The maximum Gasteiger partial charge on any atom is 0.287 e. The molecule has 2 aromatic rings. The van der Waals surface area contributed by atoms with E-state index < -0.39 is 6.04 Å². The number of carbonyl (C=O) groups excluding carboxylic acids is 2. The van der Waals surface area contributed by atoms with Crippen molar-refractivity contribution < 1.29 is 14.0 Å². The molecular formula is C20H24N2O3. The third kappa shape index (κ3) is 4.50. The number of nitrogens with one attached hydrogen (secondary N) is 1. The monoisotopic (exact) mass is 340 g/mol. The van der Waals surface area contributed by atoms with Crippen molar-refractivity contribution in [1.29, 1.82) is 0 Å². The lowest BCUT2D eigenvalue weighted by Gasteiger charge is -2.33. The normalized spacial score (nSPS) is 16.4. The van der Waals surface area contributed by atoms with Crippen molar-refractivity contribution in [3.63, 3.8) is 0 Å². The van der Waals surface area contributed by atoms with Crippen LogP contribution in [-0.2, 0) is 11.2 Å². The standard InChI is InChI=1S/C20H24N2O3/c1-15-9-11-22(12-10-15)20(24)17(14-16-6-3-2-4-7-16)21-19(23)18-8-5-13-25-18/h2-8,13,15,17H,9-12,14H2,1H3,(H,21,23)/t17-/m1/s1. The van der Waals surface area contributed by atoms with E-state index >= 15 is 0 Å². The smallest absolute Gasteiger partial charge is 0.287 e. The number of amides is 2. The van der Waals surface area contributed by atoms with Gasteiger partial charge in [0.1, 0.15) is 6.04 Å². The van der Waals surface area contributed by atoms with Crippen LogP contribution < -0.4 is 5.32 Å². The highest BCUT2D eigenvalue weighted by molar-refractivity contribution is 5.95. The lowest BCUT2D eigenvalue weighted by Crippen LogP contribution is -2.51. The van der Waals surface area contributed by atoms with Crippen molar-refractivity contribution in [1.82, 2.24) is 10.2 Å². The molecule has 1 aromatic heterocycles. The van der Waals surface area contributed by atoms with Crippen molar-refractivity contribution in [2.75, 3.05) is 13.1 Å². The molecule has 0 radical (unpaired) electrons. The Kier molecular flexibility index (Phi) is 5.53. The van der Waals surface area contributed by atoms with Gasteiger partial charge in [0.05, 0.1) is 6.26 Å². The van der Waals surface area contributed by atoms with Gasteiger partial charge < -0.3 is 14.6 Å². The number of hydrogen-bond acceptors (Lipinski definition) is 3. The fourth-order valence-electron chi connectivity index (χ4n) is 3.14. The molecule has 1 N–H and O–H groups in total. The predicted octanol–water partition coefficient (Wildman–Crippen LogP) is 2.88. The van der Waals surface area contributed by atoms with E-state index in [4.69, 9.17) is 4.42 Å². The number of carbonyl (C=O) groups is 2. The van der Waals surface area contributed by atoms with E-state index in [0.717, 1.165) is 31.5 Å². The lowest BCUT2D eigenvalue weighted by atomic mass is 9.97. The van der Waals surface area contributed by atoms with Crippen molar-refractivity contribution in [3.05, 3.63) is 60.1 Å². The Morgan fingerprint density at radius 1 is 1.16 bits per heavy atom. The number of likely N-dealkylation sites (tertiary alicyclic amines) is 1. The van der Waals surface area contributed by atoms with Crippen molar-refractivity contribution in [2.45, 2.75) is 32.2 Å². The van der Waals surface area contributed by atoms with E-state index in [9.17, 15) is 9.59 Å². The maximum atomic E-state index is 13.0. The summed E-state index contributed by atoms with van der Waals surface area (Å²) in [5.74, 6) is 0.493. The van der Waals surface area contributed by atoms with Gasteiger partial charge in [-0.15, -0.1) is 0 Å². The third-order valence-corrected chi connectivity index (χ3v) is 4.73. The summed E-state index contributed by atoms with van der Waals surface area (Å²) in [6, 6.07) is 12.4. The van der Waals surface area contributed by atoms with Crippen LogP contribution in [0.5, 0.6) is 0 Å². The molecule has 1 aliphatic rings. The molecule has 1 aliphatic heterocycles. The fraction of sp³-hybridized carbons (Fsp3) is 0.400. The molecule has 0 bridgehead atoms. The highest BCUT2D eigenvalue weighted by atomic mass is 16.3. The van der Waals surface area contributed by atoms with Gasteiger partial charge in [-0.05, 0) is 36.5 Å². The molecule has 0 aliphatic carbocycles. The predicted molar refractivity (Wildman–Crippen MR) is 95.1 cm³/mol. The Morgan fingerprint density at radius 3 is 2.52 bits per heavy atom. The van der Waals surface area contributed by atoms with Gasteiger partial charge >= 0.3 is 0 Å². The number of rotatable bonds is 5. The average Bonchev–Trinajstić information content (AvgIpc) is 3.17. The van der Waals surface area contributed by atoms with Gasteiger partial charge in [0, 0.05) is 19.5 Å². The first-order valence-corrected chi connectivity index (χ1v) is 8.80. The molecule has 1 saturated heterocycles. The summed E-state index contributed by atoms with van der Waals surface area (Å²) in [5.41, 5.74) is 1.02. The number of nitrogens with zero attached hydrogens (tertiary/aromatic N) is 1. The van der Waals surface area contributed by atoms with Crippen LogP contribution in [0.4, 0.5) is 0 Å². The maximum absolute atomic E-state index is 13.0. The van der Waals surface area contributed by atoms with Crippen LogP contribution in [0.3, 0.4) is 0 Å². The molecule has 0 spiro atoms. The second-order valence-corrected chi connectivity index (χ2v) is 6.70. The Bertz CT molecular complexity index is 689. The van der Waals surface area contributed by atoms with Gasteiger partial charge in [-0.1, -0.05) is 37.3 Å². The van der Waals surface area contributed by atoms with Crippen LogP contribution in [0.1, 0.15) is 35.9 Å². The Hall–Kier alpha value is -2.56. The zero-order valence-electron chi connectivity index (χ0n) is 14.5. The molecule has 0 unspecified atom stereocenters. The molecule has 3 rings (SSSR count). The van der Waals surface area contributed by atoms with E-state index in [1.165, 1.54) is 6.26 Å². The zero-order chi connectivity index (χ0) is 17.6. The number of benzene rings is 1. The van der Waals surface area contributed by atoms with E-state index in [-0.39, 0.29) is 17.6 Å². The first-order valence-electron chi connectivity index (χ1n) is 8.80. The van der Waals surface area contributed by atoms with E-state index in [1.54, 1.807) is 12.1 Å². The average molecular weight is 340 g/mol. The number of piperidine rings is 1. The van der Waals surface area contributed by atoms with Gasteiger partial charge in [0.2, 0.25) is 5.91 Å². The van der Waals surface area contributed by atoms with E-state index in [0.29, 0.717) is 12.3 Å². The minimum Gasteiger partial charge on any atom is -0.459 e. The van der Waals surface area contributed by atoms with Gasteiger partial charge in [-0.25, -0.2) is 0 Å². The Labute approximate surface area is 148 Å². The van der Waals surface area contributed by atoms with Crippen LogP contribution in [0.15, 0.2) is 53.1 Å². The summed E-state index contributed by atoms with van der Waals surface area (Å²) in [6.07, 6.45) is 3.94. The minimum atomic E-state index is -0.589. The number of hydrogen-bond donors (Lipinski definition) is 1. The minimum absolute atomic E-state index is 0.0179. The second-order valence-electron chi connectivity index (χ2n) is 6.70. The molecule has 132 valence electrons. The number of furan rings is 1. The molecule has 1 aromatic carbocycles. The van der Waals surface area contributed by atoms with Crippen molar-refractivity contribution in [3.8, 4) is 0 Å². The largest absolute Gasteiger partial charge is 0.459 e. The molecule has 2 amide bonds. The van der Waals surface area contributed by atoms with E-state index in [1.807, 2.05) is 35.2 Å². The molecule has 0 saturated carbocycles. The third-order valence-electron chi connectivity index (χ3n) is 4.73. The van der Waals surface area contributed by atoms with Crippen molar-refractivity contribution in [2.24, 2.45) is 5.92 Å². The summed E-state index contributed by atoms with van der Waals surface area (Å²) in [4.78, 5) is 27.2. The summed E-state index contributed by atoms with van der Waals surface area (Å²) in [7, 11) is 0. The second kappa shape index (κ2) is 8.01. The quantitative estimate of drug-likeness (QED) is 0.910. The molecule has 2 heterocycles. The first-order chi connectivity index (χ1) is 12.1. The van der Waals surface area contributed by atoms with Crippen LogP contribution in [-0.4, -0.2) is 35.8 Å². The summed E-state index contributed by atoms with van der Waals surface area (Å²) >= 11 is 0. The summed E-state index contributed by atoms with van der Waals surface area (Å²) in [6.45, 7) is 3.71. The first kappa shape index (κ1) is 17.3. The molecule has 5 nitrogen and oxygen atoms in total. The zero-order valence-corrected chi connectivity index (χ0v) is 14.5. The van der Waals surface area contributed by atoms with Gasteiger partial charge in [-0.3, -0.25) is 9.59 Å². The highest BCUT2D eigenvalue weighted by Gasteiger charge is 2.29. The van der Waals surface area contributed by atoms with Gasteiger partial charge in [0.15, 0.2) is 5.76 Å². The van der Waals surface area contributed by atoms with Gasteiger partial charge in [-0.2, -0.15) is 0 Å². The lowest BCUT2D eigenvalue weighted by molar-refractivity contribution is -0.134.